The van der Waals surface area contributed by atoms with Crippen LogP contribution in [0.2, 0.25) is 0 Å². The van der Waals surface area contributed by atoms with E-state index in [1.807, 2.05) is 19.2 Å². The monoisotopic (exact) mass is 291 g/mol. The number of likely N-dealkylation sites (N-methyl/N-ethyl adjacent to an activating group) is 1. The summed E-state index contributed by atoms with van der Waals surface area (Å²) in [5.41, 5.74) is 2.41. The molecule has 1 fully saturated rings. The molecule has 0 bridgehead atoms. The van der Waals surface area contributed by atoms with Crippen LogP contribution in [0.15, 0.2) is 48.5 Å². The van der Waals surface area contributed by atoms with Crippen molar-refractivity contribution in [1.82, 2.24) is 5.32 Å². The quantitative estimate of drug-likeness (QED) is 0.881. The summed E-state index contributed by atoms with van der Waals surface area (Å²) in [5.74, 6) is 0.566. The summed E-state index contributed by atoms with van der Waals surface area (Å²) in [7, 11) is 1.96. The van der Waals surface area contributed by atoms with Crippen LogP contribution in [-0.4, -0.2) is 13.1 Å². The molecule has 2 atom stereocenters. The summed E-state index contributed by atoms with van der Waals surface area (Å²) < 4.78 is 37.6. The predicted molar refractivity (Wildman–Crippen MR) is 77.1 cm³/mol. The Morgan fingerprint density at radius 1 is 0.905 bits per heavy atom. The molecule has 1 aliphatic rings. The smallest absolute Gasteiger partial charge is 0.316 e. The van der Waals surface area contributed by atoms with Gasteiger partial charge in [0.05, 0.1) is 5.56 Å². The molecule has 1 saturated carbocycles. The van der Waals surface area contributed by atoms with Crippen molar-refractivity contribution in [3.05, 3.63) is 59.7 Å². The molecule has 0 radical (unpaired) electrons. The topological polar surface area (TPSA) is 12.0 Å². The molecule has 0 unspecified atom stereocenters. The second kappa shape index (κ2) is 5.19. The summed E-state index contributed by atoms with van der Waals surface area (Å²) in [6.07, 6.45) is -3.13. The molecule has 4 heteroatoms. The maximum absolute atomic E-state index is 12.5. The lowest BCUT2D eigenvalue weighted by Gasteiger charge is -2.08. The van der Waals surface area contributed by atoms with Gasteiger partial charge in [0.1, 0.15) is 0 Å². The average Bonchev–Trinajstić information content (AvgIpc) is 3.26. The fourth-order valence-corrected chi connectivity index (χ4v) is 2.66. The van der Waals surface area contributed by atoms with E-state index in [4.69, 9.17) is 0 Å². The lowest BCUT2D eigenvalue weighted by molar-refractivity contribution is -0.137. The number of halogens is 3. The number of hydrogen-bond acceptors (Lipinski definition) is 1. The van der Waals surface area contributed by atoms with Crippen LogP contribution in [0.4, 0.5) is 13.2 Å². The highest BCUT2D eigenvalue weighted by molar-refractivity contribution is 5.64. The van der Waals surface area contributed by atoms with E-state index in [1.54, 1.807) is 0 Å². The fraction of sp³-hybridized carbons (Fsp3) is 0.294. The molecule has 1 nitrogen and oxygen atoms in total. The second-order valence-corrected chi connectivity index (χ2v) is 5.43. The summed E-state index contributed by atoms with van der Waals surface area (Å²) in [5, 5.41) is 3.25. The third kappa shape index (κ3) is 2.95. The Bertz CT molecular complexity index is 614. The number of hydrogen-bond donors (Lipinski definition) is 1. The molecule has 110 valence electrons. The van der Waals surface area contributed by atoms with Crippen LogP contribution in [0.1, 0.15) is 23.5 Å². The first kappa shape index (κ1) is 14.1. The molecule has 0 heterocycles. The van der Waals surface area contributed by atoms with Crippen molar-refractivity contribution < 1.29 is 13.2 Å². The van der Waals surface area contributed by atoms with Crippen molar-refractivity contribution in [3.63, 3.8) is 0 Å². The van der Waals surface area contributed by atoms with Gasteiger partial charge in [-0.2, -0.15) is 13.2 Å². The van der Waals surface area contributed by atoms with Gasteiger partial charge in [-0.15, -0.1) is 0 Å². The Kier molecular flexibility index (Phi) is 3.49. The van der Waals surface area contributed by atoms with Gasteiger partial charge in [-0.1, -0.05) is 36.4 Å². The maximum atomic E-state index is 12.5. The van der Waals surface area contributed by atoms with E-state index in [-0.39, 0.29) is 0 Å². The Hall–Kier alpha value is -1.81. The minimum Gasteiger partial charge on any atom is -0.316 e. The molecular formula is C17H16F3N. The van der Waals surface area contributed by atoms with Gasteiger partial charge in [0.15, 0.2) is 0 Å². The molecule has 0 aliphatic heterocycles. The van der Waals surface area contributed by atoms with Crippen molar-refractivity contribution in [2.75, 3.05) is 7.05 Å². The van der Waals surface area contributed by atoms with Gasteiger partial charge in [-0.05, 0) is 42.3 Å². The largest absolute Gasteiger partial charge is 0.416 e. The zero-order valence-corrected chi connectivity index (χ0v) is 11.6. The molecule has 2 aromatic rings. The predicted octanol–water partition coefficient (Wildman–Crippen LogP) is 4.45. The van der Waals surface area contributed by atoms with Crippen molar-refractivity contribution in [2.45, 2.75) is 24.6 Å². The Balaban J connectivity index is 1.78. The van der Waals surface area contributed by atoms with Gasteiger partial charge in [-0.3, -0.25) is 0 Å². The molecule has 2 aromatic carbocycles. The van der Waals surface area contributed by atoms with E-state index in [0.29, 0.717) is 12.0 Å². The highest BCUT2D eigenvalue weighted by Gasteiger charge is 2.36. The average molecular weight is 291 g/mol. The second-order valence-electron chi connectivity index (χ2n) is 5.43. The van der Waals surface area contributed by atoms with Crippen molar-refractivity contribution in [2.24, 2.45) is 0 Å². The third-order valence-electron chi connectivity index (χ3n) is 4.05. The van der Waals surface area contributed by atoms with Gasteiger partial charge < -0.3 is 5.32 Å². The first-order valence-corrected chi connectivity index (χ1v) is 6.94. The SMILES string of the molecule is CN[C@@H]1C[C@H]1c1ccc(-c2ccc(C(F)(F)F)cc2)cc1. The first-order valence-electron chi connectivity index (χ1n) is 6.94. The van der Waals surface area contributed by atoms with Crippen LogP contribution in [0.3, 0.4) is 0 Å². The first-order chi connectivity index (χ1) is 9.99. The van der Waals surface area contributed by atoms with E-state index < -0.39 is 11.7 Å². The highest BCUT2D eigenvalue weighted by Crippen LogP contribution is 2.41. The van der Waals surface area contributed by atoms with Crippen LogP contribution in [-0.2, 0) is 6.18 Å². The van der Waals surface area contributed by atoms with Crippen LogP contribution in [0, 0.1) is 0 Å². The lowest BCUT2D eigenvalue weighted by atomic mass is 10.0. The van der Waals surface area contributed by atoms with E-state index in [0.717, 1.165) is 29.7 Å². The minimum atomic E-state index is -4.28. The molecule has 1 aliphatic carbocycles. The Morgan fingerprint density at radius 3 is 1.86 bits per heavy atom. The van der Waals surface area contributed by atoms with Crippen LogP contribution in [0.25, 0.3) is 11.1 Å². The van der Waals surface area contributed by atoms with Gasteiger partial charge in [0, 0.05) is 12.0 Å². The summed E-state index contributed by atoms with van der Waals surface area (Å²) in [6, 6.07) is 13.9. The summed E-state index contributed by atoms with van der Waals surface area (Å²) in [4.78, 5) is 0. The number of benzene rings is 2. The minimum absolute atomic E-state index is 0.557. The number of rotatable bonds is 3. The Labute approximate surface area is 121 Å². The summed E-state index contributed by atoms with van der Waals surface area (Å²) >= 11 is 0. The van der Waals surface area contributed by atoms with E-state index >= 15 is 0 Å². The molecule has 0 amide bonds. The van der Waals surface area contributed by atoms with E-state index in [2.05, 4.69) is 17.4 Å². The van der Waals surface area contributed by atoms with Crippen LogP contribution >= 0.6 is 0 Å². The number of nitrogens with one attached hydrogen (secondary N) is 1. The molecular weight excluding hydrogens is 275 g/mol. The van der Waals surface area contributed by atoms with Crippen molar-refractivity contribution >= 4 is 0 Å². The van der Waals surface area contributed by atoms with Gasteiger partial charge >= 0.3 is 6.18 Å². The standard InChI is InChI=1S/C17H16F3N/c1-21-16-10-15(16)13-4-2-11(3-5-13)12-6-8-14(9-7-12)17(18,19)20/h2-9,15-16,21H,10H2,1H3/t15-,16+/m0/s1. The maximum Gasteiger partial charge on any atom is 0.416 e. The molecule has 1 N–H and O–H groups in total. The fourth-order valence-electron chi connectivity index (χ4n) is 2.66. The molecule has 0 spiro atoms. The van der Waals surface area contributed by atoms with Crippen LogP contribution in [0.5, 0.6) is 0 Å². The molecule has 21 heavy (non-hydrogen) atoms. The van der Waals surface area contributed by atoms with E-state index in [9.17, 15) is 13.2 Å². The normalized spacial score (nSPS) is 21.3. The van der Waals surface area contributed by atoms with Gasteiger partial charge in [0.2, 0.25) is 0 Å². The zero-order valence-electron chi connectivity index (χ0n) is 11.6. The zero-order chi connectivity index (χ0) is 15.0. The lowest BCUT2D eigenvalue weighted by Crippen LogP contribution is -2.10. The van der Waals surface area contributed by atoms with Crippen molar-refractivity contribution in [3.8, 4) is 11.1 Å². The van der Waals surface area contributed by atoms with Crippen LogP contribution < -0.4 is 5.32 Å². The molecule has 0 aromatic heterocycles. The highest BCUT2D eigenvalue weighted by atomic mass is 19.4. The number of alkyl halides is 3. The summed E-state index contributed by atoms with van der Waals surface area (Å²) in [6.45, 7) is 0. The molecule has 3 rings (SSSR count). The van der Waals surface area contributed by atoms with Gasteiger partial charge in [-0.25, -0.2) is 0 Å². The Morgan fingerprint density at radius 2 is 1.43 bits per heavy atom. The third-order valence-corrected chi connectivity index (χ3v) is 4.05. The van der Waals surface area contributed by atoms with Gasteiger partial charge in [0.25, 0.3) is 0 Å². The molecule has 0 saturated heterocycles. The van der Waals surface area contributed by atoms with E-state index in [1.165, 1.54) is 17.7 Å². The van der Waals surface area contributed by atoms with Crippen molar-refractivity contribution in [1.29, 1.82) is 0 Å².